The van der Waals surface area contributed by atoms with Gasteiger partial charge >= 0.3 is 0 Å². The number of anilines is 2. The molecule has 4 rings (SSSR count). The monoisotopic (exact) mass is 536 g/mol. The zero-order chi connectivity index (χ0) is 25.5. The first kappa shape index (κ1) is 24.9. The van der Waals surface area contributed by atoms with E-state index >= 15 is 0 Å². The van der Waals surface area contributed by atoms with Gasteiger partial charge in [0.1, 0.15) is 11.3 Å². The van der Waals surface area contributed by atoms with Gasteiger partial charge in [0.25, 0.3) is 5.56 Å². The van der Waals surface area contributed by atoms with Crippen LogP contribution in [0.2, 0.25) is 0 Å². The maximum Gasteiger partial charge on any atom is 0.279 e. The molecule has 3 aromatic rings. The van der Waals surface area contributed by atoms with Crippen LogP contribution in [-0.2, 0) is 26.4 Å². The van der Waals surface area contributed by atoms with Gasteiger partial charge in [-0.1, -0.05) is 19.9 Å². The van der Waals surface area contributed by atoms with Gasteiger partial charge in [0.15, 0.2) is 5.75 Å². The number of nitrogens with zero attached hydrogens (tertiary/aromatic N) is 2. The fourth-order valence-electron chi connectivity index (χ4n) is 3.57. The molecule has 0 aliphatic carbocycles. The van der Waals surface area contributed by atoms with Crippen molar-refractivity contribution in [1.82, 2.24) is 9.78 Å². The van der Waals surface area contributed by atoms with Crippen LogP contribution in [0.4, 0.5) is 11.4 Å². The van der Waals surface area contributed by atoms with Crippen LogP contribution in [-0.4, -0.2) is 38.0 Å². The molecule has 13 heteroatoms. The Morgan fingerprint density at radius 1 is 1.26 bits per heavy atom. The third-order valence-electron chi connectivity index (χ3n) is 5.21. The SMILES string of the molecule is CC(C)CCn1nc(-c2cccs2)c(O)c(C2=CS(=O)(=O)c3cc(NS(C)(=O)=O)ccc3N2)c1=O. The topological polar surface area (TPSA) is 147 Å². The highest BCUT2D eigenvalue weighted by Crippen LogP contribution is 2.39. The second-order valence-electron chi connectivity index (χ2n) is 8.55. The number of rotatable bonds is 7. The summed E-state index contributed by atoms with van der Waals surface area (Å²) >= 11 is 1.33. The van der Waals surface area contributed by atoms with E-state index in [-0.39, 0.29) is 33.2 Å². The van der Waals surface area contributed by atoms with E-state index < -0.39 is 31.2 Å². The number of aromatic nitrogens is 2. The number of hydrogen-bond donors (Lipinski definition) is 3. The molecule has 0 atom stereocenters. The molecule has 0 saturated carbocycles. The number of aryl methyl sites for hydroxylation is 1. The molecule has 0 radical (unpaired) electrons. The summed E-state index contributed by atoms with van der Waals surface area (Å²) < 4.78 is 52.8. The zero-order valence-electron chi connectivity index (χ0n) is 19.1. The third-order valence-corrected chi connectivity index (χ3v) is 8.19. The molecule has 0 saturated heterocycles. The van der Waals surface area contributed by atoms with Crippen LogP contribution in [0.5, 0.6) is 5.75 Å². The maximum absolute atomic E-state index is 13.3. The summed E-state index contributed by atoms with van der Waals surface area (Å²) in [5.41, 5.74) is -0.532. The molecule has 1 aliphatic heterocycles. The van der Waals surface area contributed by atoms with Crippen molar-refractivity contribution in [2.75, 3.05) is 16.3 Å². The van der Waals surface area contributed by atoms with E-state index in [9.17, 15) is 26.7 Å². The molecular weight excluding hydrogens is 512 g/mol. The van der Waals surface area contributed by atoms with Gasteiger partial charge < -0.3 is 10.4 Å². The summed E-state index contributed by atoms with van der Waals surface area (Å²) in [6.07, 6.45) is 1.61. The van der Waals surface area contributed by atoms with Crippen LogP contribution in [0.3, 0.4) is 0 Å². The maximum atomic E-state index is 13.3. The minimum Gasteiger partial charge on any atom is -0.505 e. The Balaban J connectivity index is 1.87. The molecule has 0 unspecified atom stereocenters. The average molecular weight is 537 g/mol. The average Bonchev–Trinajstić information content (AvgIpc) is 3.27. The van der Waals surface area contributed by atoms with Crippen LogP contribution in [0.1, 0.15) is 25.8 Å². The first-order chi connectivity index (χ1) is 16.4. The van der Waals surface area contributed by atoms with E-state index in [4.69, 9.17) is 0 Å². The molecule has 0 spiro atoms. The minimum absolute atomic E-state index is 0.0799. The molecule has 35 heavy (non-hydrogen) atoms. The molecular formula is C22H24N4O6S3. The van der Waals surface area contributed by atoms with Crippen molar-refractivity contribution in [3.05, 3.63) is 57.0 Å². The predicted octanol–water partition coefficient (Wildman–Crippen LogP) is 3.29. The summed E-state index contributed by atoms with van der Waals surface area (Å²) in [4.78, 5) is 13.8. The van der Waals surface area contributed by atoms with Gasteiger partial charge in [-0.3, -0.25) is 9.52 Å². The van der Waals surface area contributed by atoms with Crippen LogP contribution in [0, 0.1) is 5.92 Å². The lowest BCUT2D eigenvalue weighted by molar-refractivity contribution is 0.443. The molecule has 1 aliphatic rings. The Morgan fingerprint density at radius 2 is 2.00 bits per heavy atom. The van der Waals surface area contributed by atoms with Gasteiger partial charge in [0, 0.05) is 12.2 Å². The summed E-state index contributed by atoms with van der Waals surface area (Å²) in [7, 11) is -7.71. The van der Waals surface area contributed by atoms with Gasteiger partial charge in [-0.05, 0) is 42.0 Å². The van der Waals surface area contributed by atoms with Crippen molar-refractivity contribution >= 4 is 48.3 Å². The number of thiophene rings is 1. The summed E-state index contributed by atoms with van der Waals surface area (Å²) in [6.45, 7) is 4.31. The van der Waals surface area contributed by atoms with E-state index in [1.807, 2.05) is 13.8 Å². The third kappa shape index (κ3) is 5.26. The summed E-state index contributed by atoms with van der Waals surface area (Å²) in [5, 5.41) is 21.0. The van der Waals surface area contributed by atoms with Crippen molar-refractivity contribution < 1.29 is 21.9 Å². The molecule has 3 heterocycles. The molecule has 10 nitrogen and oxygen atoms in total. The lowest BCUT2D eigenvalue weighted by atomic mass is 10.1. The molecule has 186 valence electrons. The summed E-state index contributed by atoms with van der Waals surface area (Å²) in [5.74, 6) is -0.133. The Labute approximate surface area is 206 Å². The zero-order valence-corrected chi connectivity index (χ0v) is 21.6. The lowest BCUT2D eigenvalue weighted by Crippen LogP contribution is -2.29. The normalized spacial score (nSPS) is 14.8. The van der Waals surface area contributed by atoms with Crippen LogP contribution in [0.15, 0.2) is 50.8 Å². The van der Waals surface area contributed by atoms with E-state index in [0.29, 0.717) is 23.8 Å². The number of nitrogens with one attached hydrogen (secondary N) is 2. The molecule has 0 amide bonds. The summed E-state index contributed by atoms with van der Waals surface area (Å²) in [6, 6.07) is 7.51. The molecule has 3 N–H and O–H groups in total. The number of sulfonamides is 1. The van der Waals surface area contributed by atoms with Crippen molar-refractivity contribution in [2.45, 2.75) is 31.7 Å². The van der Waals surface area contributed by atoms with E-state index in [0.717, 1.165) is 11.7 Å². The fourth-order valence-corrected chi connectivity index (χ4v) is 6.17. The Hall–Kier alpha value is -3.16. The molecule has 2 aromatic heterocycles. The van der Waals surface area contributed by atoms with Crippen molar-refractivity contribution in [2.24, 2.45) is 5.92 Å². The minimum atomic E-state index is -4.09. The second kappa shape index (κ2) is 9.13. The lowest BCUT2D eigenvalue weighted by Gasteiger charge is -2.22. The van der Waals surface area contributed by atoms with E-state index in [2.05, 4.69) is 15.1 Å². The first-order valence-corrected chi connectivity index (χ1v) is 14.9. The van der Waals surface area contributed by atoms with Crippen molar-refractivity contribution in [3.8, 4) is 16.3 Å². The smallest absolute Gasteiger partial charge is 0.279 e. The van der Waals surface area contributed by atoms with Gasteiger partial charge in [0.05, 0.1) is 32.8 Å². The Morgan fingerprint density at radius 3 is 2.63 bits per heavy atom. The van der Waals surface area contributed by atoms with Crippen LogP contribution in [0.25, 0.3) is 16.3 Å². The Kier molecular flexibility index (Phi) is 6.51. The van der Waals surface area contributed by atoms with Gasteiger partial charge in [-0.25, -0.2) is 21.5 Å². The van der Waals surface area contributed by atoms with E-state index in [1.54, 1.807) is 17.5 Å². The number of aromatic hydroxyl groups is 1. The highest BCUT2D eigenvalue weighted by molar-refractivity contribution is 7.94. The molecule has 1 aromatic carbocycles. The Bertz CT molecular complexity index is 1590. The quantitative estimate of drug-likeness (QED) is 0.417. The number of fused-ring (bicyclic) bond motifs is 1. The van der Waals surface area contributed by atoms with E-state index in [1.165, 1.54) is 34.2 Å². The van der Waals surface area contributed by atoms with Gasteiger partial charge in [0.2, 0.25) is 19.9 Å². The van der Waals surface area contributed by atoms with Gasteiger partial charge in [-0.15, -0.1) is 11.3 Å². The fraction of sp³-hybridized carbons (Fsp3) is 0.273. The van der Waals surface area contributed by atoms with Crippen molar-refractivity contribution in [3.63, 3.8) is 0 Å². The largest absolute Gasteiger partial charge is 0.505 e. The van der Waals surface area contributed by atoms with Crippen molar-refractivity contribution in [1.29, 1.82) is 0 Å². The first-order valence-electron chi connectivity index (χ1n) is 10.6. The van der Waals surface area contributed by atoms with Gasteiger partial charge in [-0.2, -0.15) is 5.10 Å². The number of benzene rings is 1. The number of sulfone groups is 1. The van der Waals surface area contributed by atoms with Crippen LogP contribution < -0.4 is 15.6 Å². The highest BCUT2D eigenvalue weighted by atomic mass is 32.2. The predicted molar refractivity (Wildman–Crippen MR) is 137 cm³/mol. The second-order valence-corrected chi connectivity index (χ2v) is 13.0. The van der Waals surface area contributed by atoms with Crippen LogP contribution >= 0.6 is 11.3 Å². The molecule has 0 bridgehead atoms. The number of hydrogen-bond acceptors (Lipinski definition) is 9. The standard InChI is InChI=1S/C22H24N4O6S3/c1-13(2)8-9-26-22(28)19(21(27)20(24-26)17-5-4-10-33-17)16-12-35(31,32)18-11-14(25-34(3,29)30)6-7-15(18)23-16/h4-7,10-13,23,25,27H,8-9H2,1-3H3. The molecule has 0 fully saturated rings. The highest BCUT2D eigenvalue weighted by Gasteiger charge is 2.29.